The smallest absolute Gasteiger partial charge is 0.246 e. The molecule has 19 heavy (non-hydrogen) atoms. The summed E-state index contributed by atoms with van der Waals surface area (Å²) in [6.07, 6.45) is 1.50. The number of hydrogen-bond acceptors (Lipinski definition) is 3. The third-order valence-corrected chi connectivity index (χ3v) is 4.73. The summed E-state index contributed by atoms with van der Waals surface area (Å²) in [6.45, 7) is 3.64. The number of unbranched alkanes of at least 4 members (excludes halogenated alkanes) is 1. The highest BCUT2D eigenvalue weighted by molar-refractivity contribution is 7.89. The van der Waals surface area contributed by atoms with Crippen LogP contribution in [0.15, 0.2) is 23.1 Å². The number of benzene rings is 1. The highest BCUT2D eigenvalue weighted by atomic mass is 32.2. The van der Waals surface area contributed by atoms with Gasteiger partial charge in [-0.1, -0.05) is 19.4 Å². The second kappa shape index (κ2) is 6.98. The molecule has 0 saturated carbocycles. The normalized spacial score (nSPS) is 12.1. The summed E-state index contributed by atoms with van der Waals surface area (Å²) in [5.74, 6) is -0.759. The first-order chi connectivity index (χ1) is 8.93. The van der Waals surface area contributed by atoms with E-state index in [4.69, 9.17) is 5.11 Å². The summed E-state index contributed by atoms with van der Waals surface area (Å²) in [5, 5.41) is 8.97. The Morgan fingerprint density at radius 1 is 1.32 bits per heavy atom. The van der Waals surface area contributed by atoms with E-state index in [2.05, 4.69) is 0 Å². The molecular formula is C13H20FNO3S. The molecule has 0 spiro atoms. The zero-order valence-corrected chi connectivity index (χ0v) is 12.1. The minimum absolute atomic E-state index is 0.0181. The van der Waals surface area contributed by atoms with Gasteiger partial charge in [-0.2, -0.15) is 4.31 Å². The van der Waals surface area contributed by atoms with Crippen LogP contribution in [0.25, 0.3) is 0 Å². The average molecular weight is 289 g/mol. The number of rotatable bonds is 7. The van der Waals surface area contributed by atoms with Crippen molar-refractivity contribution < 1.29 is 17.9 Å². The van der Waals surface area contributed by atoms with Crippen molar-refractivity contribution in [3.05, 3.63) is 29.6 Å². The number of hydrogen-bond donors (Lipinski definition) is 1. The molecule has 1 N–H and O–H groups in total. The first-order valence-electron chi connectivity index (χ1n) is 6.30. The zero-order chi connectivity index (χ0) is 14.5. The van der Waals surface area contributed by atoms with Gasteiger partial charge in [0.1, 0.15) is 10.7 Å². The Labute approximate surface area is 113 Å². The van der Waals surface area contributed by atoms with E-state index in [-0.39, 0.29) is 24.6 Å². The lowest BCUT2D eigenvalue weighted by atomic mass is 10.2. The Balaban J connectivity index is 3.14. The van der Waals surface area contributed by atoms with Crippen LogP contribution in [0.1, 0.15) is 25.3 Å². The highest BCUT2D eigenvalue weighted by Crippen LogP contribution is 2.21. The van der Waals surface area contributed by atoms with Gasteiger partial charge in [-0.3, -0.25) is 0 Å². The molecule has 0 atom stereocenters. The van der Waals surface area contributed by atoms with Gasteiger partial charge in [0.2, 0.25) is 10.0 Å². The Morgan fingerprint density at radius 2 is 2.00 bits per heavy atom. The Morgan fingerprint density at radius 3 is 2.58 bits per heavy atom. The summed E-state index contributed by atoms with van der Waals surface area (Å²) in [7, 11) is -3.89. The van der Waals surface area contributed by atoms with Crippen molar-refractivity contribution in [1.29, 1.82) is 0 Å². The number of aryl methyl sites for hydroxylation is 1. The molecule has 0 aliphatic heterocycles. The minimum Gasteiger partial charge on any atom is -0.395 e. The van der Waals surface area contributed by atoms with Crippen molar-refractivity contribution in [2.75, 3.05) is 19.7 Å². The predicted octanol–water partition coefficient (Wildman–Crippen LogP) is 1.92. The summed E-state index contributed by atoms with van der Waals surface area (Å²) < 4.78 is 39.6. The SMILES string of the molecule is CCCCN(CCO)S(=O)(=O)c1cc(C)ccc1F. The molecule has 0 fully saturated rings. The van der Waals surface area contributed by atoms with E-state index in [1.165, 1.54) is 12.1 Å². The second-order valence-electron chi connectivity index (χ2n) is 4.42. The van der Waals surface area contributed by atoms with Gasteiger partial charge in [-0.05, 0) is 31.0 Å². The van der Waals surface area contributed by atoms with Crippen molar-refractivity contribution in [2.24, 2.45) is 0 Å². The van der Waals surface area contributed by atoms with Crippen LogP contribution in [0.4, 0.5) is 4.39 Å². The zero-order valence-electron chi connectivity index (χ0n) is 11.3. The van der Waals surface area contributed by atoms with Gasteiger partial charge in [0.15, 0.2) is 0 Å². The van der Waals surface area contributed by atoms with Gasteiger partial charge in [0.25, 0.3) is 0 Å². The van der Waals surface area contributed by atoms with Crippen molar-refractivity contribution in [3.63, 3.8) is 0 Å². The van der Waals surface area contributed by atoms with Crippen molar-refractivity contribution in [1.82, 2.24) is 4.31 Å². The maximum absolute atomic E-state index is 13.7. The quantitative estimate of drug-likeness (QED) is 0.834. The van der Waals surface area contributed by atoms with Crippen molar-refractivity contribution in [2.45, 2.75) is 31.6 Å². The van der Waals surface area contributed by atoms with Crippen LogP contribution in [0, 0.1) is 12.7 Å². The third kappa shape index (κ3) is 3.99. The molecule has 1 aromatic rings. The Kier molecular flexibility index (Phi) is 5.90. The molecule has 1 aromatic carbocycles. The molecule has 0 amide bonds. The maximum atomic E-state index is 13.7. The van der Waals surface area contributed by atoms with Crippen LogP contribution in [0.3, 0.4) is 0 Å². The molecule has 0 heterocycles. The fourth-order valence-corrected chi connectivity index (χ4v) is 3.36. The van der Waals surface area contributed by atoms with Gasteiger partial charge in [0, 0.05) is 13.1 Å². The minimum atomic E-state index is -3.89. The fraction of sp³-hybridized carbons (Fsp3) is 0.538. The molecule has 0 unspecified atom stereocenters. The monoisotopic (exact) mass is 289 g/mol. The molecule has 4 nitrogen and oxygen atoms in total. The van der Waals surface area contributed by atoms with Gasteiger partial charge in [-0.25, -0.2) is 12.8 Å². The van der Waals surface area contributed by atoms with Crippen molar-refractivity contribution in [3.8, 4) is 0 Å². The molecule has 6 heteroatoms. The molecule has 0 radical (unpaired) electrons. The molecule has 0 bridgehead atoms. The third-order valence-electron chi connectivity index (χ3n) is 2.82. The van der Waals surface area contributed by atoms with E-state index < -0.39 is 15.8 Å². The predicted molar refractivity (Wildman–Crippen MR) is 71.9 cm³/mol. The molecule has 1 rings (SSSR count). The van der Waals surface area contributed by atoms with E-state index in [1.54, 1.807) is 6.92 Å². The number of halogens is 1. The molecule has 108 valence electrons. The van der Waals surface area contributed by atoms with E-state index >= 15 is 0 Å². The first kappa shape index (κ1) is 16.1. The average Bonchev–Trinajstić information content (AvgIpc) is 2.37. The van der Waals surface area contributed by atoms with E-state index in [9.17, 15) is 12.8 Å². The fourth-order valence-electron chi connectivity index (χ4n) is 1.75. The van der Waals surface area contributed by atoms with Crippen LogP contribution < -0.4 is 0 Å². The van der Waals surface area contributed by atoms with Gasteiger partial charge in [-0.15, -0.1) is 0 Å². The first-order valence-corrected chi connectivity index (χ1v) is 7.74. The van der Waals surface area contributed by atoms with E-state index in [0.29, 0.717) is 12.0 Å². The van der Waals surface area contributed by atoms with Crippen LogP contribution >= 0.6 is 0 Å². The van der Waals surface area contributed by atoms with Gasteiger partial charge < -0.3 is 5.11 Å². The molecule has 0 aromatic heterocycles. The summed E-state index contributed by atoms with van der Waals surface area (Å²) in [4.78, 5) is -0.322. The highest BCUT2D eigenvalue weighted by Gasteiger charge is 2.26. The molecule has 0 aliphatic carbocycles. The number of sulfonamides is 1. The number of nitrogens with zero attached hydrogens (tertiary/aromatic N) is 1. The molecule has 0 aliphatic rings. The van der Waals surface area contributed by atoms with Gasteiger partial charge >= 0.3 is 0 Å². The number of aliphatic hydroxyl groups is 1. The maximum Gasteiger partial charge on any atom is 0.246 e. The van der Waals surface area contributed by atoms with Crippen LogP contribution in [-0.4, -0.2) is 37.5 Å². The summed E-state index contributed by atoms with van der Waals surface area (Å²) in [5.41, 5.74) is 0.680. The standard InChI is InChI=1S/C13H20FNO3S/c1-3-4-7-15(8-9-16)19(17,18)13-10-11(2)5-6-12(13)14/h5-6,10,16H,3-4,7-9H2,1-2H3. The lowest BCUT2D eigenvalue weighted by Gasteiger charge is -2.21. The van der Waals surface area contributed by atoms with E-state index in [1.807, 2.05) is 6.92 Å². The van der Waals surface area contributed by atoms with Crippen LogP contribution in [-0.2, 0) is 10.0 Å². The second-order valence-corrected chi connectivity index (χ2v) is 6.32. The Hall–Kier alpha value is -0.980. The van der Waals surface area contributed by atoms with Crippen molar-refractivity contribution >= 4 is 10.0 Å². The van der Waals surface area contributed by atoms with E-state index in [0.717, 1.165) is 16.8 Å². The summed E-state index contributed by atoms with van der Waals surface area (Å²) in [6, 6.07) is 4.00. The molecule has 0 saturated heterocycles. The van der Waals surface area contributed by atoms with Crippen LogP contribution in [0.5, 0.6) is 0 Å². The Bertz CT molecular complexity index is 517. The molecular weight excluding hydrogens is 269 g/mol. The topological polar surface area (TPSA) is 57.6 Å². The van der Waals surface area contributed by atoms with Gasteiger partial charge in [0.05, 0.1) is 6.61 Å². The van der Waals surface area contributed by atoms with Crippen LogP contribution in [0.2, 0.25) is 0 Å². The number of aliphatic hydroxyl groups excluding tert-OH is 1. The largest absolute Gasteiger partial charge is 0.395 e. The lowest BCUT2D eigenvalue weighted by Crippen LogP contribution is -2.35. The summed E-state index contributed by atoms with van der Waals surface area (Å²) >= 11 is 0. The lowest BCUT2D eigenvalue weighted by molar-refractivity contribution is 0.252.